The van der Waals surface area contributed by atoms with E-state index in [9.17, 15) is 19.2 Å². The standard InChI is InChI=1S/C15H23N3O5/c1-3-17(4-2)11(19)10-23-12(20)9-18-13(21)15(16-14(18)22)7-5-6-8-15/h3-10H2,1-2H3,(H,16,22). The first-order valence-corrected chi connectivity index (χ1v) is 8.01. The van der Waals surface area contributed by atoms with Gasteiger partial charge in [-0.2, -0.15) is 0 Å². The van der Waals surface area contributed by atoms with Crippen molar-refractivity contribution in [3.63, 3.8) is 0 Å². The third kappa shape index (κ3) is 3.46. The molecule has 2 rings (SSSR count). The van der Waals surface area contributed by atoms with Crippen LogP contribution in [0.1, 0.15) is 39.5 Å². The summed E-state index contributed by atoms with van der Waals surface area (Å²) in [6.45, 7) is 3.88. The number of hydrogen-bond acceptors (Lipinski definition) is 5. The average molecular weight is 325 g/mol. The summed E-state index contributed by atoms with van der Waals surface area (Å²) < 4.78 is 4.89. The van der Waals surface area contributed by atoms with E-state index < -0.39 is 24.1 Å². The van der Waals surface area contributed by atoms with Crippen molar-refractivity contribution in [2.24, 2.45) is 0 Å². The van der Waals surface area contributed by atoms with Gasteiger partial charge in [0.25, 0.3) is 11.8 Å². The van der Waals surface area contributed by atoms with Crippen LogP contribution in [0.5, 0.6) is 0 Å². The first-order valence-electron chi connectivity index (χ1n) is 8.01. The summed E-state index contributed by atoms with van der Waals surface area (Å²) in [5.74, 6) is -1.43. The highest BCUT2D eigenvalue weighted by Gasteiger charge is 2.52. The Bertz CT molecular complexity index is 509. The fourth-order valence-electron chi connectivity index (χ4n) is 3.12. The molecule has 8 heteroatoms. The van der Waals surface area contributed by atoms with E-state index in [4.69, 9.17) is 4.74 Å². The molecule has 0 radical (unpaired) electrons. The summed E-state index contributed by atoms with van der Waals surface area (Å²) in [7, 11) is 0. The van der Waals surface area contributed by atoms with Gasteiger partial charge in [-0.3, -0.25) is 19.3 Å². The maximum Gasteiger partial charge on any atom is 0.326 e. The van der Waals surface area contributed by atoms with Crippen LogP contribution in [0.25, 0.3) is 0 Å². The van der Waals surface area contributed by atoms with Gasteiger partial charge in [0.2, 0.25) is 0 Å². The van der Waals surface area contributed by atoms with E-state index in [1.54, 1.807) is 0 Å². The van der Waals surface area contributed by atoms with Crippen molar-refractivity contribution in [1.29, 1.82) is 0 Å². The number of imide groups is 1. The van der Waals surface area contributed by atoms with Crippen LogP contribution < -0.4 is 5.32 Å². The molecule has 8 nitrogen and oxygen atoms in total. The van der Waals surface area contributed by atoms with Gasteiger partial charge in [-0.1, -0.05) is 12.8 Å². The van der Waals surface area contributed by atoms with Gasteiger partial charge in [-0.15, -0.1) is 0 Å². The first kappa shape index (κ1) is 17.2. The van der Waals surface area contributed by atoms with E-state index in [1.165, 1.54) is 4.90 Å². The topological polar surface area (TPSA) is 96.0 Å². The minimum atomic E-state index is -0.839. The van der Waals surface area contributed by atoms with E-state index in [-0.39, 0.29) is 18.4 Å². The molecule has 0 aromatic rings. The molecule has 0 bridgehead atoms. The van der Waals surface area contributed by atoms with Crippen molar-refractivity contribution < 1.29 is 23.9 Å². The Kier molecular flexibility index (Phi) is 5.23. The highest BCUT2D eigenvalue weighted by molar-refractivity contribution is 6.08. The number of hydrogen-bond donors (Lipinski definition) is 1. The normalized spacial score (nSPS) is 19.1. The highest BCUT2D eigenvalue weighted by atomic mass is 16.5. The van der Waals surface area contributed by atoms with Crippen LogP contribution in [-0.4, -0.2) is 65.4 Å². The molecular weight excluding hydrogens is 302 g/mol. The molecule has 2 aliphatic rings. The number of esters is 1. The van der Waals surface area contributed by atoms with E-state index in [1.807, 2.05) is 13.8 Å². The second kappa shape index (κ2) is 6.97. The molecule has 0 aromatic heterocycles. The number of nitrogens with zero attached hydrogens (tertiary/aromatic N) is 2. The molecule has 128 valence electrons. The molecule has 1 heterocycles. The highest BCUT2D eigenvalue weighted by Crippen LogP contribution is 2.34. The Morgan fingerprint density at radius 1 is 1.22 bits per heavy atom. The van der Waals surface area contributed by atoms with Gasteiger partial charge < -0.3 is 15.0 Å². The molecule has 23 heavy (non-hydrogen) atoms. The van der Waals surface area contributed by atoms with Crippen molar-refractivity contribution in [2.45, 2.75) is 45.1 Å². The summed E-state index contributed by atoms with van der Waals surface area (Å²) in [6.07, 6.45) is 2.96. The molecule has 1 N–H and O–H groups in total. The maximum atomic E-state index is 12.4. The molecule has 1 spiro atoms. The van der Waals surface area contributed by atoms with E-state index in [2.05, 4.69) is 5.32 Å². The van der Waals surface area contributed by atoms with Crippen molar-refractivity contribution in [2.75, 3.05) is 26.2 Å². The Morgan fingerprint density at radius 3 is 2.39 bits per heavy atom. The fourth-order valence-corrected chi connectivity index (χ4v) is 3.12. The molecule has 1 saturated carbocycles. The van der Waals surface area contributed by atoms with Crippen LogP contribution in [-0.2, 0) is 19.1 Å². The van der Waals surface area contributed by atoms with Crippen molar-refractivity contribution in [1.82, 2.24) is 15.1 Å². The molecule has 4 amide bonds. The Labute approximate surface area is 135 Å². The second-order valence-electron chi connectivity index (χ2n) is 5.84. The quantitative estimate of drug-likeness (QED) is 0.558. The maximum absolute atomic E-state index is 12.4. The number of rotatable bonds is 6. The van der Waals surface area contributed by atoms with Gasteiger partial charge in [0.05, 0.1) is 0 Å². The third-order valence-corrected chi connectivity index (χ3v) is 4.46. The number of carbonyl (C=O) groups excluding carboxylic acids is 4. The van der Waals surface area contributed by atoms with Crippen LogP contribution in [0.2, 0.25) is 0 Å². The number of amides is 4. The predicted octanol–water partition coefficient (Wildman–Crippen LogP) is 0.263. The monoisotopic (exact) mass is 325 g/mol. The number of carbonyl (C=O) groups is 4. The van der Waals surface area contributed by atoms with Crippen molar-refractivity contribution in [3.05, 3.63) is 0 Å². The summed E-state index contributed by atoms with van der Waals surface area (Å²) in [5, 5.41) is 2.69. The van der Waals surface area contributed by atoms with Crippen LogP contribution in [0.3, 0.4) is 0 Å². The van der Waals surface area contributed by atoms with E-state index in [0.717, 1.165) is 17.7 Å². The average Bonchev–Trinajstić information content (AvgIpc) is 3.08. The zero-order chi connectivity index (χ0) is 17.0. The van der Waals surface area contributed by atoms with Gasteiger partial charge in [0.15, 0.2) is 6.61 Å². The molecule has 1 aliphatic heterocycles. The summed E-state index contributed by atoms with van der Waals surface area (Å²) in [5.41, 5.74) is -0.839. The van der Waals surface area contributed by atoms with Crippen LogP contribution in [0.15, 0.2) is 0 Å². The van der Waals surface area contributed by atoms with Crippen LogP contribution in [0.4, 0.5) is 4.79 Å². The minimum Gasteiger partial charge on any atom is -0.454 e. The third-order valence-electron chi connectivity index (χ3n) is 4.46. The van der Waals surface area contributed by atoms with Gasteiger partial charge in [0.1, 0.15) is 12.1 Å². The minimum absolute atomic E-state index is 0.298. The van der Waals surface area contributed by atoms with Gasteiger partial charge in [-0.05, 0) is 26.7 Å². The fraction of sp³-hybridized carbons (Fsp3) is 0.733. The lowest BCUT2D eigenvalue weighted by Crippen LogP contribution is -2.44. The van der Waals surface area contributed by atoms with Crippen molar-refractivity contribution in [3.8, 4) is 0 Å². The summed E-state index contributed by atoms with van der Waals surface area (Å²) in [6, 6.07) is -0.566. The first-order chi connectivity index (χ1) is 10.9. The number of ether oxygens (including phenoxy) is 1. The van der Waals surface area contributed by atoms with E-state index >= 15 is 0 Å². The molecule has 1 saturated heterocycles. The molecule has 2 fully saturated rings. The summed E-state index contributed by atoms with van der Waals surface area (Å²) in [4.78, 5) is 50.3. The largest absolute Gasteiger partial charge is 0.454 e. The number of nitrogens with one attached hydrogen (secondary N) is 1. The Balaban J connectivity index is 1.87. The predicted molar refractivity (Wildman–Crippen MR) is 80.3 cm³/mol. The molecule has 0 unspecified atom stereocenters. The summed E-state index contributed by atoms with van der Waals surface area (Å²) >= 11 is 0. The van der Waals surface area contributed by atoms with Gasteiger partial charge >= 0.3 is 12.0 Å². The van der Waals surface area contributed by atoms with Gasteiger partial charge in [0, 0.05) is 13.1 Å². The Morgan fingerprint density at radius 2 is 1.83 bits per heavy atom. The van der Waals surface area contributed by atoms with Crippen LogP contribution >= 0.6 is 0 Å². The molecule has 0 atom stereocenters. The lowest BCUT2D eigenvalue weighted by Gasteiger charge is -2.20. The molecule has 1 aliphatic carbocycles. The lowest BCUT2D eigenvalue weighted by molar-refractivity contribution is -0.153. The smallest absolute Gasteiger partial charge is 0.326 e. The second-order valence-corrected chi connectivity index (χ2v) is 5.84. The van der Waals surface area contributed by atoms with Crippen LogP contribution in [0, 0.1) is 0 Å². The molecule has 0 aromatic carbocycles. The molecular formula is C15H23N3O5. The van der Waals surface area contributed by atoms with Crippen molar-refractivity contribution >= 4 is 23.8 Å². The lowest BCUT2D eigenvalue weighted by atomic mass is 9.98. The SMILES string of the molecule is CCN(CC)C(=O)COC(=O)CN1C(=O)NC2(CCCC2)C1=O. The zero-order valence-corrected chi connectivity index (χ0v) is 13.6. The number of urea groups is 1. The Hall–Kier alpha value is -2.12. The number of likely N-dealkylation sites (N-methyl/N-ethyl adjacent to an activating group) is 1. The zero-order valence-electron chi connectivity index (χ0n) is 13.6. The van der Waals surface area contributed by atoms with Gasteiger partial charge in [-0.25, -0.2) is 4.79 Å². The van der Waals surface area contributed by atoms with E-state index in [0.29, 0.717) is 25.9 Å².